The Hall–Kier alpha value is -4.00. The van der Waals surface area contributed by atoms with Crippen molar-refractivity contribution < 1.29 is 41.4 Å². The second-order valence-electron chi connectivity index (χ2n) is 9.03. The molecule has 3 aromatic rings. The molecule has 3 rings (SSSR count). The average Bonchev–Trinajstić information content (AvgIpc) is 3.23. The smallest absolute Gasteiger partial charge is 0.433 e. The van der Waals surface area contributed by atoms with Gasteiger partial charge in [-0.25, -0.2) is 18.7 Å². The third-order valence-corrected chi connectivity index (χ3v) is 4.82. The number of pyridine rings is 2. The van der Waals surface area contributed by atoms with Crippen LogP contribution in [-0.4, -0.2) is 52.5 Å². The summed E-state index contributed by atoms with van der Waals surface area (Å²) in [5.74, 6) is -1.47. The second kappa shape index (κ2) is 11.6. The minimum Gasteiger partial charge on any atom is -0.475 e. The van der Waals surface area contributed by atoms with Crippen molar-refractivity contribution in [3.63, 3.8) is 0 Å². The van der Waals surface area contributed by atoms with E-state index >= 15 is 0 Å². The molecule has 0 radical (unpaired) electrons. The van der Waals surface area contributed by atoms with Crippen LogP contribution in [0.4, 0.5) is 22.4 Å². The van der Waals surface area contributed by atoms with Crippen LogP contribution < -0.4 is 10.1 Å². The van der Waals surface area contributed by atoms with Gasteiger partial charge in [-0.15, -0.1) is 0 Å². The molecule has 0 aliphatic heterocycles. The number of carbonyl (C=O) groups is 2. The van der Waals surface area contributed by atoms with E-state index in [9.17, 15) is 27.2 Å². The number of ether oxygens (including phenoxy) is 3. The molecule has 0 saturated carbocycles. The van der Waals surface area contributed by atoms with Gasteiger partial charge in [0.15, 0.2) is 0 Å². The highest BCUT2D eigenvalue weighted by atomic mass is 19.4. The van der Waals surface area contributed by atoms with E-state index in [4.69, 9.17) is 14.2 Å². The highest BCUT2D eigenvalue weighted by molar-refractivity contribution is 5.96. The first-order chi connectivity index (χ1) is 17.8. The monoisotopic (exact) mass is 538 g/mol. The summed E-state index contributed by atoms with van der Waals surface area (Å²) in [5, 5.41) is 2.55. The van der Waals surface area contributed by atoms with Crippen LogP contribution in [0.3, 0.4) is 0 Å². The summed E-state index contributed by atoms with van der Waals surface area (Å²) in [6.45, 7) is 5.10. The molecule has 0 spiro atoms. The molecule has 38 heavy (non-hydrogen) atoms. The van der Waals surface area contributed by atoms with Crippen molar-refractivity contribution in [3.05, 3.63) is 65.6 Å². The first-order valence-electron chi connectivity index (χ1n) is 11.3. The Balaban J connectivity index is 1.84. The van der Waals surface area contributed by atoms with Crippen LogP contribution in [-0.2, 0) is 22.2 Å². The number of rotatable bonds is 8. The summed E-state index contributed by atoms with van der Waals surface area (Å²) < 4.78 is 69.1. The van der Waals surface area contributed by atoms with Gasteiger partial charge in [-0.3, -0.25) is 9.78 Å². The molecule has 0 unspecified atom stereocenters. The fourth-order valence-corrected chi connectivity index (χ4v) is 3.18. The molecular formula is C25H26F4N4O5. The summed E-state index contributed by atoms with van der Waals surface area (Å²) in [5.41, 5.74) is -1.15. The lowest BCUT2D eigenvalue weighted by Crippen LogP contribution is -2.31. The average molecular weight is 538 g/mol. The Morgan fingerprint density at radius 2 is 1.79 bits per heavy atom. The van der Waals surface area contributed by atoms with Crippen LogP contribution in [0.5, 0.6) is 5.88 Å². The molecule has 0 saturated heterocycles. The zero-order valence-electron chi connectivity index (χ0n) is 21.1. The molecule has 3 aromatic heterocycles. The van der Waals surface area contributed by atoms with Crippen molar-refractivity contribution in [3.8, 4) is 17.0 Å². The number of amides is 1. The van der Waals surface area contributed by atoms with Gasteiger partial charge in [0.25, 0.3) is 5.91 Å². The molecule has 0 aliphatic carbocycles. The van der Waals surface area contributed by atoms with Crippen molar-refractivity contribution in [1.82, 2.24) is 19.9 Å². The SMILES string of the molecule is COCCOc1cc(-c2ccc(C(F)(F)F)nc2)cc(CNC(=O)c2cc(F)cn2C(=O)OC(C)(C)C)n1. The maximum Gasteiger partial charge on any atom is 0.433 e. The fourth-order valence-electron chi connectivity index (χ4n) is 3.18. The third-order valence-electron chi connectivity index (χ3n) is 4.82. The van der Waals surface area contributed by atoms with Gasteiger partial charge >= 0.3 is 12.3 Å². The Morgan fingerprint density at radius 1 is 1.05 bits per heavy atom. The van der Waals surface area contributed by atoms with Crippen LogP contribution >= 0.6 is 0 Å². The summed E-state index contributed by atoms with van der Waals surface area (Å²) in [6, 6.07) is 6.02. The number of halogens is 4. The second-order valence-corrected chi connectivity index (χ2v) is 9.03. The van der Waals surface area contributed by atoms with E-state index in [1.807, 2.05) is 0 Å². The van der Waals surface area contributed by atoms with Crippen LogP contribution in [0.25, 0.3) is 11.1 Å². The van der Waals surface area contributed by atoms with E-state index < -0.39 is 35.3 Å². The van der Waals surface area contributed by atoms with Gasteiger partial charge in [0.2, 0.25) is 5.88 Å². The lowest BCUT2D eigenvalue weighted by Gasteiger charge is -2.20. The molecule has 0 aromatic carbocycles. The molecule has 3 heterocycles. The summed E-state index contributed by atoms with van der Waals surface area (Å²) in [7, 11) is 1.48. The van der Waals surface area contributed by atoms with E-state index in [0.29, 0.717) is 11.1 Å². The number of nitrogens with zero attached hydrogens (tertiary/aromatic N) is 3. The van der Waals surface area contributed by atoms with Gasteiger partial charge < -0.3 is 19.5 Å². The number of aromatic nitrogens is 3. The molecule has 0 bridgehead atoms. The lowest BCUT2D eigenvalue weighted by molar-refractivity contribution is -0.141. The van der Waals surface area contributed by atoms with Gasteiger partial charge in [0, 0.05) is 31.0 Å². The van der Waals surface area contributed by atoms with Gasteiger partial charge in [-0.1, -0.05) is 6.07 Å². The minimum atomic E-state index is -4.59. The number of carbonyl (C=O) groups excluding carboxylic acids is 2. The van der Waals surface area contributed by atoms with E-state index in [-0.39, 0.29) is 37.0 Å². The predicted octanol–water partition coefficient (Wildman–Crippen LogP) is 4.84. The Morgan fingerprint density at radius 3 is 2.39 bits per heavy atom. The van der Waals surface area contributed by atoms with Crippen molar-refractivity contribution in [2.45, 2.75) is 39.1 Å². The van der Waals surface area contributed by atoms with Gasteiger partial charge in [-0.2, -0.15) is 13.2 Å². The van der Waals surface area contributed by atoms with Crippen LogP contribution in [0.1, 0.15) is 42.6 Å². The number of hydrogen-bond donors (Lipinski definition) is 1. The standard InChI is InChI=1S/C25H26F4N4O5/c1-24(2,3)38-23(35)33-14-17(26)11-19(33)22(34)31-13-18-9-16(10-21(32-18)37-8-7-36-4)15-5-6-20(30-12-15)25(27,28)29/h5-6,9-12,14H,7-8,13H2,1-4H3,(H,31,34). The van der Waals surface area contributed by atoms with E-state index in [1.54, 1.807) is 20.8 Å². The van der Waals surface area contributed by atoms with Gasteiger partial charge in [0.05, 0.1) is 25.0 Å². The summed E-state index contributed by atoms with van der Waals surface area (Å²) in [6.07, 6.45) is -3.62. The molecule has 0 fully saturated rings. The molecule has 1 N–H and O–H groups in total. The Kier molecular flexibility index (Phi) is 8.71. The van der Waals surface area contributed by atoms with Crippen molar-refractivity contribution in [1.29, 1.82) is 0 Å². The molecule has 0 atom stereocenters. The molecule has 1 amide bonds. The topological polar surface area (TPSA) is 105 Å². The number of nitrogens with one attached hydrogen (secondary N) is 1. The minimum absolute atomic E-state index is 0.131. The van der Waals surface area contributed by atoms with Crippen LogP contribution in [0.15, 0.2) is 42.7 Å². The van der Waals surface area contributed by atoms with Crippen molar-refractivity contribution >= 4 is 12.0 Å². The first kappa shape index (κ1) is 28.6. The Labute approximate surface area is 215 Å². The maximum absolute atomic E-state index is 13.9. The first-order valence-corrected chi connectivity index (χ1v) is 11.3. The van der Waals surface area contributed by atoms with E-state index in [0.717, 1.165) is 29.1 Å². The maximum atomic E-state index is 13.9. The summed E-state index contributed by atoms with van der Waals surface area (Å²) in [4.78, 5) is 33.0. The summed E-state index contributed by atoms with van der Waals surface area (Å²) >= 11 is 0. The lowest BCUT2D eigenvalue weighted by atomic mass is 10.1. The normalized spacial score (nSPS) is 11.8. The number of hydrogen-bond acceptors (Lipinski definition) is 7. The van der Waals surface area contributed by atoms with E-state index in [1.165, 1.54) is 25.3 Å². The van der Waals surface area contributed by atoms with Crippen molar-refractivity contribution in [2.24, 2.45) is 0 Å². The van der Waals surface area contributed by atoms with Gasteiger partial charge in [0.1, 0.15) is 29.4 Å². The largest absolute Gasteiger partial charge is 0.475 e. The Bertz CT molecular complexity index is 1280. The highest BCUT2D eigenvalue weighted by Crippen LogP contribution is 2.30. The number of methoxy groups -OCH3 is 1. The van der Waals surface area contributed by atoms with E-state index in [2.05, 4.69) is 15.3 Å². The zero-order valence-corrected chi connectivity index (χ0v) is 21.1. The highest BCUT2D eigenvalue weighted by Gasteiger charge is 2.32. The van der Waals surface area contributed by atoms with Crippen LogP contribution in [0, 0.1) is 5.82 Å². The zero-order chi connectivity index (χ0) is 28.1. The predicted molar refractivity (Wildman–Crippen MR) is 127 cm³/mol. The van der Waals surface area contributed by atoms with Gasteiger partial charge in [-0.05, 0) is 38.5 Å². The third kappa shape index (κ3) is 7.75. The quantitative estimate of drug-likeness (QED) is 0.323. The fraction of sp³-hybridized carbons (Fsp3) is 0.360. The molecule has 204 valence electrons. The van der Waals surface area contributed by atoms with Crippen LogP contribution in [0.2, 0.25) is 0 Å². The number of alkyl halides is 3. The van der Waals surface area contributed by atoms with Crippen molar-refractivity contribution in [2.75, 3.05) is 20.3 Å². The molecule has 13 heteroatoms. The molecule has 0 aliphatic rings. The molecule has 9 nitrogen and oxygen atoms in total. The molecular weight excluding hydrogens is 512 g/mol.